The fraction of sp³-hybridized carbons (Fsp3) is 0.400. The summed E-state index contributed by atoms with van der Waals surface area (Å²) in [4.78, 5) is 1.35. The highest BCUT2D eigenvalue weighted by Gasteiger charge is 2.34. The van der Waals surface area contributed by atoms with Crippen LogP contribution in [0, 0.1) is 12.7 Å². The van der Waals surface area contributed by atoms with Gasteiger partial charge in [0.2, 0.25) is 0 Å². The highest BCUT2D eigenvalue weighted by molar-refractivity contribution is 5.42. The molecule has 0 saturated carbocycles. The van der Waals surface area contributed by atoms with Crippen LogP contribution < -0.4 is 17.3 Å². The maximum atomic E-state index is 12.9. The molecule has 0 aliphatic carbocycles. The van der Waals surface area contributed by atoms with Gasteiger partial charge in [-0.05, 0) is 61.2 Å². The zero-order valence-electron chi connectivity index (χ0n) is 14.6. The third-order valence-corrected chi connectivity index (χ3v) is 5.19. The number of aliphatic hydroxyl groups is 1. The van der Waals surface area contributed by atoms with Crippen LogP contribution in [0.4, 0.5) is 4.39 Å². The van der Waals surface area contributed by atoms with Crippen molar-refractivity contribution < 1.29 is 31.9 Å². The van der Waals surface area contributed by atoms with Crippen LogP contribution in [0.2, 0.25) is 0 Å². The van der Waals surface area contributed by atoms with E-state index in [4.69, 9.17) is 0 Å². The normalized spacial score (nSPS) is 22.2. The van der Waals surface area contributed by atoms with Crippen molar-refractivity contribution in [2.24, 2.45) is 0 Å². The Bertz CT molecular complexity index is 720. The second kappa shape index (κ2) is 8.17. The molecule has 0 amide bonds. The number of fused-ring (bicyclic) bond motifs is 1. The minimum Gasteiger partial charge on any atom is -1.00 e. The van der Waals surface area contributed by atoms with Crippen molar-refractivity contribution in [3.8, 4) is 5.75 Å². The van der Waals surface area contributed by atoms with Gasteiger partial charge in [0.25, 0.3) is 0 Å². The largest absolute Gasteiger partial charge is 1.00 e. The van der Waals surface area contributed by atoms with E-state index in [1.165, 1.54) is 17.0 Å². The second-order valence-electron chi connectivity index (χ2n) is 6.89. The van der Waals surface area contributed by atoms with Crippen molar-refractivity contribution in [2.75, 3.05) is 6.54 Å². The van der Waals surface area contributed by atoms with Crippen LogP contribution in [0.1, 0.15) is 41.7 Å². The minimum absolute atomic E-state index is 0. The molecule has 1 aliphatic heterocycles. The van der Waals surface area contributed by atoms with Crippen molar-refractivity contribution in [1.82, 2.24) is 0 Å². The summed E-state index contributed by atoms with van der Waals surface area (Å²) in [5.74, 6) is 0.0483. The van der Waals surface area contributed by atoms with Gasteiger partial charge in [-0.2, -0.15) is 0 Å². The second-order valence-corrected chi connectivity index (χ2v) is 6.89. The van der Waals surface area contributed by atoms with Crippen LogP contribution in [0.25, 0.3) is 0 Å². The van der Waals surface area contributed by atoms with E-state index >= 15 is 0 Å². The number of aryl methyl sites for hydroxylation is 2. The van der Waals surface area contributed by atoms with Crippen LogP contribution in [0.5, 0.6) is 5.75 Å². The van der Waals surface area contributed by atoms with E-state index in [0.29, 0.717) is 0 Å². The van der Waals surface area contributed by atoms with E-state index in [2.05, 4.69) is 6.92 Å². The first-order chi connectivity index (χ1) is 11.5. The number of aliphatic hydroxyl groups excluding tert-OH is 1. The quantitative estimate of drug-likeness (QED) is 0.671. The molecule has 0 bridgehead atoms. The number of aromatic hydroxyl groups is 1. The van der Waals surface area contributed by atoms with Gasteiger partial charge in [0.15, 0.2) is 0 Å². The first-order valence-corrected chi connectivity index (χ1v) is 8.55. The van der Waals surface area contributed by atoms with Gasteiger partial charge < -0.3 is 27.5 Å². The lowest BCUT2D eigenvalue weighted by Gasteiger charge is -2.35. The lowest BCUT2D eigenvalue weighted by Crippen LogP contribution is -3.15. The molecule has 1 heterocycles. The molecule has 2 aromatic rings. The topological polar surface area (TPSA) is 44.9 Å². The van der Waals surface area contributed by atoms with E-state index in [9.17, 15) is 14.6 Å². The molecule has 0 saturated heterocycles. The minimum atomic E-state index is -0.555. The molecule has 136 valence electrons. The van der Waals surface area contributed by atoms with E-state index < -0.39 is 6.10 Å². The summed E-state index contributed by atoms with van der Waals surface area (Å²) in [5, 5.41) is 20.5. The molecule has 2 aromatic carbocycles. The molecule has 3 rings (SSSR count). The number of nitrogens with one attached hydrogen (secondary N) is 1. The Morgan fingerprint density at radius 1 is 1.20 bits per heavy atom. The smallest absolute Gasteiger partial charge is 0.131 e. The number of phenolic OH excluding ortho intramolecular Hbond substituents is 1. The number of halogens is 2. The molecule has 1 aliphatic rings. The molecule has 3 unspecified atom stereocenters. The van der Waals surface area contributed by atoms with Crippen LogP contribution in [0.3, 0.4) is 0 Å². The zero-order chi connectivity index (χ0) is 17.3. The fourth-order valence-electron chi connectivity index (χ4n) is 3.59. The van der Waals surface area contributed by atoms with E-state index in [1.807, 2.05) is 25.1 Å². The van der Waals surface area contributed by atoms with Crippen LogP contribution in [-0.4, -0.2) is 22.8 Å². The van der Waals surface area contributed by atoms with Gasteiger partial charge in [-0.1, -0.05) is 12.1 Å². The first kappa shape index (κ1) is 19.7. The Kier molecular flexibility index (Phi) is 6.44. The van der Waals surface area contributed by atoms with E-state index in [0.717, 1.165) is 48.2 Å². The summed E-state index contributed by atoms with van der Waals surface area (Å²) in [6, 6.07) is 10.5. The van der Waals surface area contributed by atoms with Crippen LogP contribution in [-0.2, 0) is 13.0 Å². The van der Waals surface area contributed by atoms with E-state index in [1.54, 1.807) is 6.07 Å². The highest BCUT2D eigenvalue weighted by Crippen LogP contribution is 2.29. The number of rotatable bonds is 4. The highest BCUT2D eigenvalue weighted by atomic mass is 35.5. The Balaban J connectivity index is 0.00000225. The first-order valence-electron chi connectivity index (χ1n) is 8.55. The average Bonchev–Trinajstić information content (AvgIpc) is 2.56. The van der Waals surface area contributed by atoms with Crippen LogP contribution >= 0.6 is 0 Å². The Morgan fingerprint density at radius 2 is 1.88 bits per heavy atom. The molecule has 0 aromatic heterocycles. The zero-order valence-corrected chi connectivity index (χ0v) is 15.4. The monoisotopic (exact) mass is 365 g/mol. The number of benzene rings is 2. The van der Waals surface area contributed by atoms with Gasteiger partial charge >= 0.3 is 0 Å². The van der Waals surface area contributed by atoms with Crippen molar-refractivity contribution in [3.05, 3.63) is 64.5 Å². The molecule has 25 heavy (non-hydrogen) atoms. The molecule has 3 nitrogen and oxygen atoms in total. The number of phenols is 1. The van der Waals surface area contributed by atoms with Crippen LogP contribution in [0.15, 0.2) is 36.4 Å². The Hall–Kier alpha value is -1.62. The van der Waals surface area contributed by atoms with Crippen molar-refractivity contribution in [3.63, 3.8) is 0 Å². The molecular formula is C20H25ClFNO2. The summed E-state index contributed by atoms with van der Waals surface area (Å²) in [7, 11) is 0. The summed E-state index contributed by atoms with van der Waals surface area (Å²) < 4.78 is 12.9. The predicted octanol–water partition coefficient (Wildman–Crippen LogP) is -0.703. The predicted molar refractivity (Wildman–Crippen MR) is 91.5 cm³/mol. The summed E-state index contributed by atoms with van der Waals surface area (Å²) >= 11 is 0. The molecule has 5 heteroatoms. The third-order valence-electron chi connectivity index (χ3n) is 5.19. The summed E-state index contributed by atoms with van der Waals surface area (Å²) in [6.07, 6.45) is 1.35. The lowest BCUT2D eigenvalue weighted by atomic mass is 9.90. The maximum absolute atomic E-state index is 12.9. The SMILES string of the molecule is Cc1cc2c(cc1O)C(O)C(C)[NH+](CCCc1ccc(F)cc1)C2.[Cl-]. The molecule has 3 atom stereocenters. The molecule has 3 N–H and O–H groups in total. The molecular weight excluding hydrogens is 341 g/mol. The van der Waals surface area contributed by atoms with Gasteiger partial charge in [-0.15, -0.1) is 0 Å². The standard InChI is InChI=1S/C20H24FNO2.ClH/c1-13-10-16-12-22(14(2)20(24)18(16)11-19(13)23)9-3-4-15-5-7-17(21)8-6-15;/h5-8,10-11,14,20,23-24H,3-4,9,12H2,1-2H3;1H. The maximum Gasteiger partial charge on any atom is 0.131 e. The van der Waals surface area contributed by atoms with Crippen molar-refractivity contribution in [1.29, 1.82) is 0 Å². The number of hydrogen-bond acceptors (Lipinski definition) is 2. The summed E-state index contributed by atoms with van der Waals surface area (Å²) in [6.45, 7) is 5.75. The molecule has 0 fully saturated rings. The fourth-order valence-corrected chi connectivity index (χ4v) is 3.59. The Morgan fingerprint density at radius 3 is 2.56 bits per heavy atom. The number of hydrogen-bond donors (Lipinski definition) is 3. The van der Waals surface area contributed by atoms with Crippen molar-refractivity contribution >= 4 is 0 Å². The molecule has 0 radical (unpaired) electrons. The number of quaternary nitrogens is 1. The van der Waals surface area contributed by atoms with Gasteiger partial charge in [0, 0.05) is 12.0 Å². The molecule has 0 spiro atoms. The van der Waals surface area contributed by atoms with Gasteiger partial charge in [-0.3, -0.25) is 0 Å². The van der Waals surface area contributed by atoms with Gasteiger partial charge in [-0.25, -0.2) is 4.39 Å². The van der Waals surface area contributed by atoms with Gasteiger partial charge in [0.05, 0.1) is 6.54 Å². The summed E-state index contributed by atoms with van der Waals surface area (Å²) in [5.41, 5.74) is 3.96. The Labute approximate surface area is 154 Å². The van der Waals surface area contributed by atoms with Crippen molar-refractivity contribution in [2.45, 2.75) is 45.4 Å². The third kappa shape index (κ3) is 4.32. The average molecular weight is 366 g/mol. The van der Waals surface area contributed by atoms with E-state index in [-0.39, 0.29) is 30.0 Å². The lowest BCUT2D eigenvalue weighted by molar-refractivity contribution is -0.944. The van der Waals surface area contributed by atoms with Gasteiger partial charge in [0.1, 0.15) is 30.3 Å².